The van der Waals surface area contributed by atoms with Gasteiger partial charge in [0.05, 0.1) is 0 Å². The Kier molecular flexibility index (Phi) is 49.6. The van der Waals surface area contributed by atoms with Crippen molar-refractivity contribution in [1.82, 2.24) is 0 Å². The molecule has 0 saturated heterocycles. The van der Waals surface area contributed by atoms with Crippen LogP contribution in [-0.2, 0) is 19.5 Å². The molecule has 0 aromatic carbocycles. The van der Waals surface area contributed by atoms with Crippen molar-refractivity contribution in [1.29, 1.82) is 0 Å². The second-order valence-electron chi connectivity index (χ2n) is 0.0540. The fourth-order valence-corrected chi connectivity index (χ4v) is 0. The van der Waals surface area contributed by atoms with E-state index in [9.17, 15) is 0 Å². The summed E-state index contributed by atoms with van der Waals surface area (Å²) in [5.41, 5.74) is 0. The van der Waals surface area contributed by atoms with E-state index in [1.165, 1.54) is 0 Å². The van der Waals surface area contributed by atoms with E-state index >= 15 is 0 Å². The SMILES string of the molecule is I[I-]I.O.[Ru]. The topological polar surface area (TPSA) is 31.5 Å². The molecule has 0 bridgehead atoms. The molecule has 2 N–H and O–H groups in total. The van der Waals surface area contributed by atoms with Gasteiger partial charge >= 0.3 is 50.5 Å². The molecule has 0 spiro atoms. The predicted octanol–water partition coefficient (Wildman–Crippen LogP) is -2.05. The van der Waals surface area contributed by atoms with Crippen LogP contribution < -0.4 is 13.3 Å². The van der Waals surface area contributed by atoms with Crippen LogP contribution in [0.2, 0.25) is 0 Å². The zero-order valence-corrected chi connectivity index (χ0v) is 10.2. The minimum atomic E-state index is 0. The molecule has 0 heterocycles. The quantitative estimate of drug-likeness (QED) is 0.272. The van der Waals surface area contributed by atoms with Crippen LogP contribution >= 0.6 is 37.2 Å². The standard InChI is InChI=1S/I3.H2O.Ru/c1-3-2;;/h;1H2;/q-1;;. The molecule has 38 valence electrons. The van der Waals surface area contributed by atoms with Crippen LogP contribution in [-0.4, -0.2) is 5.48 Å². The summed E-state index contributed by atoms with van der Waals surface area (Å²) < 4.78 is 0. The van der Waals surface area contributed by atoms with Crippen LogP contribution in [0.4, 0.5) is 0 Å². The molecule has 5 heteroatoms. The average Bonchev–Trinajstić information content (AvgIpc) is 0.918. The fourth-order valence-electron chi connectivity index (χ4n) is 0. The molecule has 0 amide bonds. The molecular formula is H2I3ORu-. The largest absolute Gasteiger partial charge is 0.412 e. The fraction of sp³-hybridized carbons (Fsp3) is 0. The van der Waals surface area contributed by atoms with Crippen molar-refractivity contribution in [3.63, 3.8) is 0 Å². The van der Waals surface area contributed by atoms with Crippen LogP contribution in [0.1, 0.15) is 0 Å². The number of rotatable bonds is 0. The molecule has 0 radical (unpaired) electrons. The molecule has 0 aromatic heterocycles. The third-order valence-electron chi connectivity index (χ3n) is 0. The van der Waals surface area contributed by atoms with Crippen molar-refractivity contribution in [2.24, 2.45) is 0 Å². The van der Waals surface area contributed by atoms with E-state index in [-0.39, 0.29) is 25.0 Å². The summed E-state index contributed by atoms with van der Waals surface area (Å²) in [5, 5.41) is 0. The molecule has 0 aliphatic carbocycles. The first-order chi connectivity index (χ1) is 1.41. The summed E-state index contributed by atoms with van der Waals surface area (Å²) in [6.07, 6.45) is 0. The smallest absolute Gasteiger partial charge is 0 e. The van der Waals surface area contributed by atoms with Crippen molar-refractivity contribution >= 4 is 37.2 Å². The van der Waals surface area contributed by atoms with Gasteiger partial charge in [-0.2, -0.15) is 0 Å². The molecule has 0 saturated carbocycles. The molecule has 1 nitrogen and oxygen atoms in total. The molecule has 0 rings (SSSR count). The Morgan fingerprint density at radius 2 is 1.20 bits per heavy atom. The Morgan fingerprint density at radius 3 is 1.20 bits per heavy atom. The van der Waals surface area contributed by atoms with E-state index in [1.807, 2.05) is 0 Å². The maximum absolute atomic E-state index is 2.39. The minimum absolute atomic E-state index is 0. The normalized spacial score (nSPS) is 4.40. The summed E-state index contributed by atoms with van der Waals surface area (Å²) in [5.74, 6) is 0. The third-order valence-corrected chi connectivity index (χ3v) is 0. The maximum atomic E-state index is 2.39. The second-order valence-corrected chi connectivity index (χ2v) is 16.3. The maximum Gasteiger partial charge on any atom is 0 e. The van der Waals surface area contributed by atoms with Gasteiger partial charge in [-0.25, -0.2) is 0 Å². The Bertz CT molecular complexity index is 6.85. The zero-order valence-electron chi connectivity index (χ0n) is 1.99. The van der Waals surface area contributed by atoms with Crippen LogP contribution in [0.5, 0.6) is 0 Å². The van der Waals surface area contributed by atoms with Crippen molar-refractivity contribution in [2.45, 2.75) is 0 Å². The molecule has 0 aromatic rings. The van der Waals surface area contributed by atoms with Gasteiger partial charge in [0.15, 0.2) is 0 Å². The molecule has 0 atom stereocenters. The van der Waals surface area contributed by atoms with E-state index in [1.54, 1.807) is 0 Å². The van der Waals surface area contributed by atoms with Crippen LogP contribution in [0, 0.1) is 0 Å². The molecular weight excluding hydrogens is 498 g/mol. The molecule has 5 heavy (non-hydrogen) atoms. The minimum Gasteiger partial charge on any atom is -0.412 e. The van der Waals surface area contributed by atoms with Gasteiger partial charge < -0.3 is 5.48 Å². The predicted molar refractivity (Wildman–Crippen MR) is 31.7 cm³/mol. The molecule has 0 fully saturated rings. The zero-order chi connectivity index (χ0) is 2.71. The van der Waals surface area contributed by atoms with E-state index in [0.717, 1.165) is 0 Å². The first-order valence-corrected chi connectivity index (χ1v) is 12.9. The summed E-state index contributed by atoms with van der Waals surface area (Å²) in [4.78, 5) is 0. The number of hydrogen-bond donors (Lipinski definition) is 0. The summed E-state index contributed by atoms with van der Waals surface area (Å²) in [6.45, 7) is 0. The van der Waals surface area contributed by atoms with Gasteiger partial charge in [0.2, 0.25) is 0 Å². The summed E-state index contributed by atoms with van der Waals surface area (Å²) >= 11 is 5.30. The van der Waals surface area contributed by atoms with Gasteiger partial charge in [-0.3, -0.25) is 0 Å². The Labute approximate surface area is 73.7 Å². The summed E-state index contributed by atoms with van der Waals surface area (Å²) in [6, 6.07) is 0. The number of halogens is 3. The second kappa shape index (κ2) is 15.9. The van der Waals surface area contributed by atoms with Gasteiger partial charge in [-0.15, -0.1) is 0 Å². The molecule has 0 aliphatic rings. The summed E-state index contributed by atoms with van der Waals surface area (Å²) in [7, 11) is 0. The monoisotopic (exact) mass is 501 g/mol. The van der Waals surface area contributed by atoms with Gasteiger partial charge in [0.1, 0.15) is 0 Å². The molecule has 0 unspecified atom stereocenters. The van der Waals surface area contributed by atoms with Crippen molar-refractivity contribution < 1.29 is 38.2 Å². The van der Waals surface area contributed by atoms with E-state index < -0.39 is 0 Å². The Balaban J connectivity index is -0.0000000200. The van der Waals surface area contributed by atoms with Gasteiger partial charge in [0.25, 0.3) is 0 Å². The Morgan fingerprint density at radius 1 is 1.20 bits per heavy atom. The van der Waals surface area contributed by atoms with Crippen LogP contribution in [0.25, 0.3) is 0 Å². The van der Waals surface area contributed by atoms with Gasteiger partial charge in [-0.1, -0.05) is 0 Å². The van der Waals surface area contributed by atoms with E-state index in [2.05, 4.69) is 37.2 Å². The third kappa shape index (κ3) is 20.1. The van der Waals surface area contributed by atoms with Gasteiger partial charge in [-0.05, 0) is 0 Å². The van der Waals surface area contributed by atoms with Gasteiger partial charge in [0, 0.05) is 19.5 Å². The van der Waals surface area contributed by atoms with Crippen molar-refractivity contribution in [2.75, 3.05) is 0 Å². The number of hydrogen-bond acceptors (Lipinski definition) is 0. The molecule has 0 aliphatic heterocycles. The van der Waals surface area contributed by atoms with Crippen molar-refractivity contribution in [3.8, 4) is 0 Å². The van der Waals surface area contributed by atoms with E-state index in [4.69, 9.17) is 0 Å². The van der Waals surface area contributed by atoms with E-state index in [0.29, 0.717) is 13.3 Å². The van der Waals surface area contributed by atoms with Crippen LogP contribution in [0.15, 0.2) is 0 Å². The first kappa shape index (κ1) is 15.7. The van der Waals surface area contributed by atoms with Crippen LogP contribution in [0.3, 0.4) is 0 Å². The van der Waals surface area contributed by atoms with Crippen molar-refractivity contribution in [3.05, 3.63) is 0 Å². The Hall–Kier alpha value is 2.77. The first-order valence-electron chi connectivity index (χ1n) is 0.286. The average molecular weight is 500 g/mol.